The summed E-state index contributed by atoms with van der Waals surface area (Å²) in [7, 11) is 2.42. The molecule has 1 unspecified atom stereocenters. The van der Waals surface area contributed by atoms with Crippen LogP contribution in [0.4, 0.5) is 0 Å². The first-order valence-electron chi connectivity index (χ1n) is 7.87. The molecule has 0 aliphatic carbocycles. The number of carbonyl (C=O) groups excluding carboxylic acids is 2. The maximum atomic E-state index is 12.5. The molecule has 0 heterocycles. The van der Waals surface area contributed by atoms with Gasteiger partial charge in [-0.1, -0.05) is 45.9 Å². The van der Waals surface area contributed by atoms with Crippen LogP contribution in [0.15, 0.2) is 58.3 Å². The first-order valence-corrected chi connectivity index (χ1v) is 10.0. The van der Waals surface area contributed by atoms with Gasteiger partial charge < -0.3 is 21.3 Å². The average molecular weight is 420 g/mol. The van der Waals surface area contributed by atoms with Crippen LogP contribution in [0.3, 0.4) is 0 Å². The Hall–Kier alpha value is -2.98. The molecule has 2 aromatic carbocycles. The molecule has 0 radical (unpaired) electrons. The Morgan fingerprint density at radius 3 is 1.89 bits per heavy atom. The van der Waals surface area contributed by atoms with Crippen molar-refractivity contribution in [2.75, 3.05) is 0 Å². The van der Waals surface area contributed by atoms with Crippen LogP contribution in [0.5, 0.6) is 0 Å². The Morgan fingerprint density at radius 2 is 1.39 bits per heavy atom. The maximum Gasteiger partial charge on any atom is 0.326 e. The topological polar surface area (TPSA) is 147 Å². The third kappa shape index (κ3) is 5.76. The molecule has 2 amide bonds. The first-order chi connectivity index (χ1) is 13.3. The van der Waals surface area contributed by atoms with Crippen LogP contribution in [0, 0.1) is 0 Å². The van der Waals surface area contributed by atoms with E-state index in [1.54, 1.807) is 42.5 Å². The highest BCUT2D eigenvalue weighted by Crippen LogP contribution is 2.40. The van der Waals surface area contributed by atoms with Gasteiger partial charge in [-0.15, -0.1) is 0 Å². The summed E-state index contributed by atoms with van der Waals surface area (Å²) < 4.78 is 0. The number of nitrogens with two attached hydrogens (primary N) is 1. The van der Waals surface area contributed by atoms with Gasteiger partial charge in [0.2, 0.25) is 5.91 Å². The summed E-state index contributed by atoms with van der Waals surface area (Å²) >= 11 is 0. The fraction of sp³-hybridized carbons (Fsp3) is 0.111. The SMILES string of the molecule is NC(=O)c1ccccc1SSc1ccccc1C(=O)NC(CC(=O)O)C(=O)O. The molecule has 146 valence electrons. The monoisotopic (exact) mass is 420 g/mol. The van der Waals surface area contributed by atoms with Gasteiger partial charge in [0.1, 0.15) is 6.04 Å². The first kappa shape index (κ1) is 21.3. The van der Waals surface area contributed by atoms with Crippen LogP contribution in [0.2, 0.25) is 0 Å². The molecular weight excluding hydrogens is 404 g/mol. The summed E-state index contributed by atoms with van der Waals surface area (Å²) in [6, 6.07) is 11.7. The van der Waals surface area contributed by atoms with Crippen molar-refractivity contribution in [2.24, 2.45) is 5.73 Å². The minimum absolute atomic E-state index is 0.188. The average Bonchev–Trinajstić information content (AvgIpc) is 2.65. The largest absolute Gasteiger partial charge is 0.481 e. The lowest BCUT2D eigenvalue weighted by atomic mass is 10.1. The van der Waals surface area contributed by atoms with E-state index in [-0.39, 0.29) is 5.56 Å². The van der Waals surface area contributed by atoms with E-state index in [0.717, 1.165) is 0 Å². The number of hydrogen-bond acceptors (Lipinski definition) is 6. The molecule has 2 aromatic rings. The molecule has 2 rings (SSSR count). The van der Waals surface area contributed by atoms with Crippen LogP contribution in [-0.4, -0.2) is 40.0 Å². The van der Waals surface area contributed by atoms with Crippen LogP contribution in [0.25, 0.3) is 0 Å². The third-order valence-corrected chi connectivity index (χ3v) is 5.97. The minimum atomic E-state index is -1.55. The smallest absolute Gasteiger partial charge is 0.326 e. The Bertz CT molecular complexity index is 918. The van der Waals surface area contributed by atoms with E-state index in [4.69, 9.17) is 15.9 Å². The van der Waals surface area contributed by atoms with E-state index in [0.29, 0.717) is 15.4 Å². The van der Waals surface area contributed by atoms with Crippen molar-refractivity contribution in [3.8, 4) is 0 Å². The quantitative estimate of drug-likeness (QED) is 0.452. The summed E-state index contributed by atoms with van der Waals surface area (Å²) in [5.74, 6) is -4.06. The van der Waals surface area contributed by atoms with Crippen molar-refractivity contribution in [1.29, 1.82) is 0 Å². The number of nitrogens with one attached hydrogen (secondary N) is 1. The van der Waals surface area contributed by atoms with Gasteiger partial charge in [0.15, 0.2) is 0 Å². The summed E-state index contributed by atoms with van der Waals surface area (Å²) in [4.78, 5) is 47.1. The van der Waals surface area contributed by atoms with E-state index in [1.807, 2.05) is 0 Å². The molecule has 0 fully saturated rings. The normalized spacial score (nSPS) is 11.4. The summed E-state index contributed by atoms with van der Waals surface area (Å²) in [6.45, 7) is 0. The highest BCUT2D eigenvalue weighted by atomic mass is 33.1. The predicted molar refractivity (Wildman–Crippen MR) is 104 cm³/mol. The minimum Gasteiger partial charge on any atom is -0.481 e. The van der Waals surface area contributed by atoms with Crippen molar-refractivity contribution in [3.05, 3.63) is 59.7 Å². The highest BCUT2D eigenvalue weighted by molar-refractivity contribution is 8.76. The molecule has 0 aliphatic rings. The van der Waals surface area contributed by atoms with Crippen molar-refractivity contribution in [2.45, 2.75) is 22.3 Å². The number of primary amides is 1. The zero-order valence-corrected chi connectivity index (χ0v) is 16.0. The molecule has 8 nitrogen and oxygen atoms in total. The van der Waals surface area contributed by atoms with Crippen LogP contribution < -0.4 is 11.1 Å². The lowest BCUT2D eigenvalue weighted by Crippen LogP contribution is -2.42. The van der Waals surface area contributed by atoms with Crippen molar-refractivity contribution in [3.63, 3.8) is 0 Å². The van der Waals surface area contributed by atoms with Gasteiger partial charge in [-0.05, 0) is 24.3 Å². The molecule has 28 heavy (non-hydrogen) atoms. The highest BCUT2D eigenvalue weighted by Gasteiger charge is 2.24. The lowest BCUT2D eigenvalue weighted by Gasteiger charge is -2.14. The molecule has 5 N–H and O–H groups in total. The zero-order valence-electron chi connectivity index (χ0n) is 14.3. The van der Waals surface area contributed by atoms with Gasteiger partial charge in [-0.2, -0.15) is 0 Å². The van der Waals surface area contributed by atoms with Gasteiger partial charge in [0.25, 0.3) is 5.91 Å². The number of hydrogen-bond donors (Lipinski definition) is 4. The van der Waals surface area contributed by atoms with E-state index in [9.17, 15) is 19.2 Å². The van der Waals surface area contributed by atoms with Crippen LogP contribution in [0.1, 0.15) is 27.1 Å². The molecule has 0 spiro atoms. The van der Waals surface area contributed by atoms with E-state index >= 15 is 0 Å². The fourth-order valence-corrected chi connectivity index (χ4v) is 4.54. The molecule has 0 saturated heterocycles. The van der Waals surface area contributed by atoms with E-state index < -0.39 is 36.2 Å². The van der Waals surface area contributed by atoms with Gasteiger partial charge >= 0.3 is 11.9 Å². The summed E-state index contributed by atoms with van der Waals surface area (Å²) in [6.07, 6.45) is -0.739. The van der Waals surface area contributed by atoms with Gasteiger partial charge in [0, 0.05) is 9.79 Å². The van der Waals surface area contributed by atoms with Crippen molar-refractivity contribution in [1.82, 2.24) is 5.32 Å². The predicted octanol–water partition coefficient (Wildman–Crippen LogP) is 2.24. The number of aliphatic carboxylic acids is 2. The van der Waals surface area contributed by atoms with Gasteiger partial charge in [-0.25, -0.2) is 4.79 Å². The second kappa shape index (κ2) is 9.81. The van der Waals surface area contributed by atoms with Crippen molar-refractivity contribution >= 4 is 45.3 Å². The standard InChI is InChI=1S/C18H16N2O6S2/c19-16(23)10-5-1-3-7-13(10)27-28-14-8-4-2-6-11(14)17(24)20-12(18(25)26)9-15(21)22/h1-8,12H,9H2,(H2,19,23)(H,20,24)(H,21,22)(H,25,26). The van der Waals surface area contributed by atoms with E-state index in [2.05, 4.69) is 5.32 Å². The number of rotatable bonds is 9. The lowest BCUT2D eigenvalue weighted by molar-refractivity contribution is -0.145. The van der Waals surface area contributed by atoms with Gasteiger partial charge in [-0.3, -0.25) is 14.4 Å². The van der Waals surface area contributed by atoms with Crippen LogP contribution >= 0.6 is 21.6 Å². The molecule has 0 saturated carbocycles. The zero-order chi connectivity index (χ0) is 20.7. The molecule has 1 atom stereocenters. The number of carbonyl (C=O) groups is 4. The number of amides is 2. The molecule has 0 bridgehead atoms. The summed E-state index contributed by atoms with van der Waals surface area (Å²) in [5.41, 5.74) is 5.89. The molecule has 10 heteroatoms. The second-order valence-corrected chi connectivity index (χ2v) is 7.70. The molecular formula is C18H16N2O6S2. The number of benzene rings is 2. The van der Waals surface area contributed by atoms with Gasteiger partial charge in [0.05, 0.1) is 17.5 Å². The van der Waals surface area contributed by atoms with Crippen molar-refractivity contribution < 1.29 is 29.4 Å². The third-order valence-electron chi connectivity index (χ3n) is 3.49. The Balaban J connectivity index is 2.18. The van der Waals surface area contributed by atoms with E-state index in [1.165, 1.54) is 27.7 Å². The molecule has 0 aromatic heterocycles. The maximum absolute atomic E-state index is 12.5. The Morgan fingerprint density at radius 1 is 0.893 bits per heavy atom. The molecule has 0 aliphatic heterocycles. The number of carboxylic acids is 2. The Labute approximate surface area is 167 Å². The fourth-order valence-electron chi connectivity index (χ4n) is 2.17. The number of carboxylic acid groups (broad SMARTS) is 2. The van der Waals surface area contributed by atoms with Crippen LogP contribution in [-0.2, 0) is 9.59 Å². The second-order valence-electron chi connectivity index (χ2n) is 5.49. The Kier molecular flexibility index (Phi) is 7.47. The summed E-state index contributed by atoms with van der Waals surface area (Å²) in [5, 5.41) is 20.1.